The van der Waals surface area contributed by atoms with Gasteiger partial charge in [-0.15, -0.1) is 0 Å². The van der Waals surface area contributed by atoms with Crippen molar-refractivity contribution < 1.29 is 53.8 Å². The van der Waals surface area contributed by atoms with E-state index >= 15 is 0 Å². The zero-order valence-corrected chi connectivity index (χ0v) is 26.8. The lowest BCUT2D eigenvalue weighted by atomic mass is 10.0. The van der Waals surface area contributed by atoms with Crippen LogP contribution in [0.1, 0.15) is 143 Å². The molecule has 0 spiro atoms. The molecule has 0 bridgehead atoms. The van der Waals surface area contributed by atoms with Gasteiger partial charge in [-0.25, -0.2) is 0 Å². The van der Waals surface area contributed by atoms with Crippen molar-refractivity contribution in [3.8, 4) is 0 Å². The molecule has 11 nitrogen and oxygen atoms in total. The number of esters is 3. The fraction of sp³-hybridized carbons (Fsp3) is 0.875. The first kappa shape index (κ1) is 40.8. The van der Waals surface area contributed by atoms with Gasteiger partial charge in [0.25, 0.3) is 0 Å². The molecule has 11 heteroatoms. The second-order valence-corrected chi connectivity index (χ2v) is 11.6. The van der Waals surface area contributed by atoms with E-state index in [1.54, 1.807) is 0 Å². The molecule has 4 N–H and O–H groups in total. The lowest BCUT2D eigenvalue weighted by molar-refractivity contribution is -0.158. The molecule has 0 aromatic heterocycles. The molecule has 0 rings (SSSR count). The molecule has 0 aliphatic rings. The van der Waals surface area contributed by atoms with E-state index in [1.165, 1.54) is 6.92 Å². The van der Waals surface area contributed by atoms with Gasteiger partial charge in [-0.3, -0.25) is 19.2 Å². The average molecular weight is 619 g/mol. The molecular weight excluding hydrogens is 560 g/mol. The predicted molar refractivity (Wildman–Crippen MR) is 161 cm³/mol. The van der Waals surface area contributed by atoms with Crippen LogP contribution in [0, 0.1) is 0 Å². The van der Waals surface area contributed by atoms with Gasteiger partial charge in [0.1, 0.15) is 18.3 Å². The summed E-state index contributed by atoms with van der Waals surface area (Å²) in [5, 5.41) is 40.2. The van der Waals surface area contributed by atoms with Crippen molar-refractivity contribution in [2.45, 2.75) is 180 Å². The van der Waals surface area contributed by atoms with Crippen LogP contribution in [-0.2, 0) is 33.4 Å². The lowest BCUT2D eigenvalue weighted by Gasteiger charge is -2.24. The van der Waals surface area contributed by atoms with E-state index in [4.69, 9.17) is 14.2 Å². The number of aliphatic carboxylic acids is 1. The molecule has 0 aromatic rings. The minimum absolute atomic E-state index is 0.00980. The van der Waals surface area contributed by atoms with Crippen LogP contribution < -0.4 is 0 Å². The van der Waals surface area contributed by atoms with Gasteiger partial charge in [0.15, 0.2) is 0 Å². The second-order valence-electron chi connectivity index (χ2n) is 11.6. The van der Waals surface area contributed by atoms with Crippen LogP contribution >= 0.6 is 0 Å². The molecule has 0 heterocycles. The van der Waals surface area contributed by atoms with E-state index in [0.717, 1.165) is 57.8 Å². The molecule has 43 heavy (non-hydrogen) atoms. The summed E-state index contributed by atoms with van der Waals surface area (Å²) in [5.41, 5.74) is 0. The fourth-order valence-electron chi connectivity index (χ4n) is 4.97. The normalized spacial score (nSPS) is 15.5. The molecule has 0 aromatic carbocycles. The molecule has 0 amide bonds. The Hall–Kier alpha value is -2.24. The highest BCUT2D eigenvalue weighted by Crippen LogP contribution is 2.20. The Kier molecular flexibility index (Phi) is 23.8. The van der Waals surface area contributed by atoms with Gasteiger partial charge in [0.05, 0.1) is 37.6 Å². The maximum absolute atomic E-state index is 12.8. The third kappa shape index (κ3) is 23.8. The van der Waals surface area contributed by atoms with Gasteiger partial charge in [0, 0.05) is 19.8 Å². The summed E-state index contributed by atoms with van der Waals surface area (Å²) in [6.45, 7) is 7.30. The summed E-state index contributed by atoms with van der Waals surface area (Å²) in [7, 11) is 0. The summed E-state index contributed by atoms with van der Waals surface area (Å²) in [4.78, 5) is 48.0. The molecule has 0 radical (unpaired) electrons. The summed E-state index contributed by atoms with van der Waals surface area (Å²) in [5.74, 6) is -3.08. The van der Waals surface area contributed by atoms with Gasteiger partial charge >= 0.3 is 23.9 Å². The van der Waals surface area contributed by atoms with Crippen LogP contribution in [0.4, 0.5) is 0 Å². The van der Waals surface area contributed by atoms with Gasteiger partial charge in [-0.2, -0.15) is 0 Å². The van der Waals surface area contributed by atoms with E-state index in [-0.39, 0.29) is 32.1 Å². The zero-order chi connectivity index (χ0) is 32.6. The number of hydrogen-bond acceptors (Lipinski definition) is 10. The average Bonchev–Trinajstić information content (AvgIpc) is 2.87. The molecular formula is C32H58O11. The third-order valence-corrected chi connectivity index (χ3v) is 7.14. The first-order chi connectivity index (χ1) is 20.4. The highest BCUT2D eigenvalue weighted by molar-refractivity contribution is 5.71. The number of aliphatic hydroxyl groups excluding tert-OH is 3. The number of ether oxygens (including phenoxy) is 3. The van der Waals surface area contributed by atoms with E-state index in [2.05, 4.69) is 6.92 Å². The molecule has 252 valence electrons. The topological polar surface area (TPSA) is 177 Å². The number of carbonyl (C=O) groups excluding carboxylic acids is 3. The van der Waals surface area contributed by atoms with Crippen LogP contribution in [0.5, 0.6) is 0 Å². The Morgan fingerprint density at radius 2 is 0.977 bits per heavy atom. The van der Waals surface area contributed by atoms with Crippen molar-refractivity contribution in [3.05, 3.63) is 0 Å². The second kappa shape index (κ2) is 25.1. The van der Waals surface area contributed by atoms with Crippen LogP contribution in [0.2, 0.25) is 0 Å². The van der Waals surface area contributed by atoms with E-state index in [9.17, 15) is 39.6 Å². The molecule has 0 aliphatic carbocycles. The SMILES string of the molecule is CCCCC[C@@H](O)C[C@@H](O)CC(=O)O[C@H](CCCCC)C[C@@H](O)CC(=O)O[C@H](CCCCC)C[C@H](CC(=O)O)OC(C)=O. The molecule has 0 aliphatic heterocycles. The van der Waals surface area contributed by atoms with E-state index in [1.807, 2.05) is 13.8 Å². The first-order valence-corrected chi connectivity index (χ1v) is 16.2. The van der Waals surface area contributed by atoms with Crippen LogP contribution in [0.25, 0.3) is 0 Å². The maximum atomic E-state index is 12.8. The lowest BCUT2D eigenvalue weighted by Crippen LogP contribution is -2.31. The largest absolute Gasteiger partial charge is 0.481 e. The van der Waals surface area contributed by atoms with Crippen LogP contribution in [0.15, 0.2) is 0 Å². The predicted octanol–water partition coefficient (Wildman–Crippen LogP) is 4.99. The van der Waals surface area contributed by atoms with Crippen LogP contribution in [-0.4, -0.2) is 80.9 Å². The molecule has 0 unspecified atom stereocenters. The third-order valence-electron chi connectivity index (χ3n) is 7.14. The van der Waals surface area contributed by atoms with Crippen molar-refractivity contribution in [2.24, 2.45) is 0 Å². The Balaban J connectivity index is 5.12. The van der Waals surface area contributed by atoms with Gasteiger partial charge < -0.3 is 34.6 Å². The minimum atomic E-state index is -1.16. The van der Waals surface area contributed by atoms with Gasteiger partial charge in [-0.1, -0.05) is 65.7 Å². The molecule has 6 atom stereocenters. The molecule has 0 fully saturated rings. The summed E-state index contributed by atoms with van der Waals surface area (Å²) >= 11 is 0. The van der Waals surface area contributed by atoms with Crippen molar-refractivity contribution >= 4 is 23.9 Å². The van der Waals surface area contributed by atoms with Gasteiger partial charge in [-0.05, 0) is 38.5 Å². The zero-order valence-electron chi connectivity index (χ0n) is 26.8. The van der Waals surface area contributed by atoms with Crippen molar-refractivity contribution in [1.82, 2.24) is 0 Å². The minimum Gasteiger partial charge on any atom is -0.481 e. The Morgan fingerprint density at radius 3 is 1.42 bits per heavy atom. The fourth-order valence-corrected chi connectivity index (χ4v) is 4.97. The first-order valence-electron chi connectivity index (χ1n) is 16.2. The molecule has 0 saturated heterocycles. The monoisotopic (exact) mass is 618 g/mol. The number of carboxylic acid groups (broad SMARTS) is 1. The highest BCUT2D eigenvalue weighted by Gasteiger charge is 2.27. The number of rotatable bonds is 27. The quantitative estimate of drug-likeness (QED) is 0.0554. The Morgan fingerprint density at radius 1 is 0.535 bits per heavy atom. The van der Waals surface area contributed by atoms with Crippen molar-refractivity contribution in [3.63, 3.8) is 0 Å². The number of hydrogen-bond donors (Lipinski definition) is 4. The Bertz CT molecular complexity index is 756. The van der Waals surface area contributed by atoms with Crippen LogP contribution in [0.3, 0.4) is 0 Å². The number of aliphatic hydroxyl groups is 3. The van der Waals surface area contributed by atoms with Crippen molar-refractivity contribution in [2.75, 3.05) is 0 Å². The summed E-state index contributed by atoms with van der Waals surface area (Å²) in [6.07, 6.45) is 3.40. The smallest absolute Gasteiger partial charge is 0.308 e. The molecule has 0 saturated carbocycles. The summed E-state index contributed by atoms with van der Waals surface area (Å²) in [6, 6.07) is 0. The Labute approximate surface area is 257 Å². The number of unbranched alkanes of at least 4 members (excludes halogenated alkanes) is 6. The highest BCUT2D eigenvalue weighted by atomic mass is 16.6. The maximum Gasteiger partial charge on any atom is 0.308 e. The standard InChI is InChI=1S/C32H58O11/c1-5-8-11-14-24(34)17-25(35)19-31(39)42-27(15-12-9-6-2)18-26(36)20-32(40)43-28(16-13-10-7-3)21-29(22-30(37)38)41-23(4)33/h24-29,34-36H,5-22H2,1-4H3,(H,37,38)/t24-,25-,26-,27-,28-,29-/m1/s1. The van der Waals surface area contributed by atoms with E-state index in [0.29, 0.717) is 19.3 Å². The van der Waals surface area contributed by atoms with Crippen molar-refractivity contribution in [1.29, 1.82) is 0 Å². The van der Waals surface area contributed by atoms with Gasteiger partial charge in [0.2, 0.25) is 0 Å². The summed E-state index contributed by atoms with van der Waals surface area (Å²) < 4.78 is 16.3. The number of carbonyl (C=O) groups is 4. The van der Waals surface area contributed by atoms with E-state index < -0.39 is 66.9 Å². The number of carboxylic acids is 1.